The number of para-hydroxylation sites is 1. The fourth-order valence-corrected chi connectivity index (χ4v) is 3.14. The number of carbonyl (C=O) groups excluding carboxylic acids is 1. The van der Waals surface area contributed by atoms with Crippen LogP contribution in [0.5, 0.6) is 11.5 Å². The molecule has 6 nitrogen and oxygen atoms in total. The lowest BCUT2D eigenvalue weighted by atomic mass is 9.90. The van der Waals surface area contributed by atoms with E-state index in [4.69, 9.17) is 4.74 Å². The van der Waals surface area contributed by atoms with Crippen molar-refractivity contribution in [1.82, 2.24) is 4.90 Å². The van der Waals surface area contributed by atoms with E-state index in [9.17, 15) is 14.7 Å². The summed E-state index contributed by atoms with van der Waals surface area (Å²) in [6.45, 7) is 3.51. The number of benzene rings is 2. The van der Waals surface area contributed by atoms with Gasteiger partial charge in [0, 0.05) is 25.2 Å². The van der Waals surface area contributed by atoms with E-state index in [0.717, 1.165) is 5.75 Å². The monoisotopic (exact) mass is 368 g/mol. The van der Waals surface area contributed by atoms with Gasteiger partial charge in [0.2, 0.25) is 5.91 Å². The normalized spacial score (nSPS) is 19.6. The summed E-state index contributed by atoms with van der Waals surface area (Å²) in [6.07, 6.45) is 0.949. The van der Waals surface area contributed by atoms with Gasteiger partial charge in [-0.25, -0.2) is 0 Å². The standard InChI is InChI=1S/C21H24N2O4/c1-21(20(25)26)12-14-23(15-21)13-11-19(24)22-16-7-9-18(10-8-16)27-17-5-3-2-4-6-17/h2-10H,11-15H2,1H3,(H,22,24)(H,25,26). The zero-order valence-corrected chi connectivity index (χ0v) is 15.4. The number of carboxylic acids is 1. The zero-order chi connectivity index (χ0) is 19.3. The molecule has 3 rings (SSSR count). The largest absolute Gasteiger partial charge is 0.481 e. The maximum Gasteiger partial charge on any atom is 0.310 e. The quantitative estimate of drug-likeness (QED) is 0.781. The third-order valence-electron chi connectivity index (χ3n) is 4.84. The van der Waals surface area contributed by atoms with Crippen molar-refractivity contribution < 1.29 is 19.4 Å². The number of hydrogen-bond donors (Lipinski definition) is 2. The average molecular weight is 368 g/mol. The molecule has 0 bridgehead atoms. The number of hydrogen-bond acceptors (Lipinski definition) is 4. The van der Waals surface area contributed by atoms with Gasteiger partial charge in [0.15, 0.2) is 0 Å². The van der Waals surface area contributed by atoms with Crippen molar-refractivity contribution in [3.63, 3.8) is 0 Å². The molecule has 27 heavy (non-hydrogen) atoms. The third-order valence-corrected chi connectivity index (χ3v) is 4.84. The van der Waals surface area contributed by atoms with Crippen molar-refractivity contribution in [2.75, 3.05) is 25.0 Å². The van der Waals surface area contributed by atoms with Crippen LogP contribution >= 0.6 is 0 Å². The third kappa shape index (κ3) is 5.08. The summed E-state index contributed by atoms with van der Waals surface area (Å²) in [4.78, 5) is 25.5. The SMILES string of the molecule is CC1(C(=O)O)CCN(CCC(=O)Nc2ccc(Oc3ccccc3)cc2)C1. The number of nitrogens with one attached hydrogen (secondary N) is 1. The molecule has 1 fully saturated rings. The average Bonchev–Trinajstić information content (AvgIpc) is 3.05. The first kappa shape index (κ1) is 18.9. The summed E-state index contributed by atoms with van der Waals surface area (Å²) in [7, 11) is 0. The number of likely N-dealkylation sites (tertiary alicyclic amines) is 1. The fourth-order valence-electron chi connectivity index (χ4n) is 3.14. The Kier molecular flexibility index (Phi) is 5.76. The highest BCUT2D eigenvalue weighted by atomic mass is 16.5. The van der Waals surface area contributed by atoms with Crippen LogP contribution in [0.15, 0.2) is 54.6 Å². The minimum Gasteiger partial charge on any atom is -0.481 e. The summed E-state index contributed by atoms with van der Waals surface area (Å²) < 4.78 is 5.72. The number of nitrogens with zero attached hydrogens (tertiary/aromatic N) is 1. The highest BCUT2D eigenvalue weighted by molar-refractivity contribution is 5.90. The van der Waals surface area contributed by atoms with E-state index in [0.29, 0.717) is 43.9 Å². The molecule has 0 saturated carbocycles. The Bertz CT molecular complexity index is 792. The first-order valence-electron chi connectivity index (χ1n) is 9.03. The predicted octanol–water partition coefficient (Wildman–Crippen LogP) is 3.60. The van der Waals surface area contributed by atoms with E-state index < -0.39 is 11.4 Å². The molecule has 2 aromatic carbocycles. The molecule has 6 heteroatoms. The second kappa shape index (κ2) is 8.22. The summed E-state index contributed by atoms with van der Waals surface area (Å²) in [5.41, 5.74) is 0.00244. The van der Waals surface area contributed by atoms with Crippen LogP contribution in [0.4, 0.5) is 5.69 Å². The van der Waals surface area contributed by atoms with Gasteiger partial charge in [0.05, 0.1) is 5.41 Å². The van der Waals surface area contributed by atoms with Crippen LogP contribution in [-0.2, 0) is 9.59 Å². The van der Waals surface area contributed by atoms with E-state index in [1.54, 1.807) is 31.2 Å². The lowest BCUT2D eigenvalue weighted by molar-refractivity contribution is -0.147. The van der Waals surface area contributed by atoms with Crippen molar-refractivity contribution in [2.24, 2.45) is 5.41 Å². The maximum atomic E-state index is 12.2. The number of aliphatic carboxylic acids is 1. The molecule has 1 unspecified atom stereocenters. The van der Waals surface area contributed by atoms with Crippen molar-refractivity contribution in [1.29, 1.82) is 0 Å². The molecule has 1 saturated heterocycles. The number of anilines is 1. The zero-order valence-electron chi connectivity index (χ0n) is 15.4. The minimum atomic E-state index is -0.771. The summed E-state index contributed by atoms with van der Waals surface area (Å²) in [5.74, 6) is 0.598. The molecule has 2 N–H and O–H groups in total. The van der Waals surface area contributed by atoms with Crippen molar-refractivity contribution >= 4 is 17.6 Å². The van der Waals surface area contributed by atoms with E-state index in [1.807, 2.05) is 35.2 Å². The molecule has 0 radical (unpaired) electrons. The van der Waals surface area contributed by atoms with Crippen LogP contribution in [-0.4, -0.2) is 41.5 Å². The van der Waals surface area contributed by atoms with Crippen LogP contribution in [0.2, 0.25) is 0 Å². The van der Waals surface area contributed by atoms with Crippen molar-refractivity contribution in [2.45, 2.75) is 19.8 Å². The van der Waals surface area contributed by atoms with Crippen molar-refractivity contribution in [3.05, 3.63) is 54.6 Å². The Morgan fingerprint density at radius 2 is 1.78 bits per heavy atom. The molecule has 1 aliphatic rings. The molecule has 0 aromatic heterocycles. The van der Waals surface area contributed by atoms with Gasteiger partial charge in [-0.3, -0.25) is 9.59 Å². The maximum absolute atomic E-state index is 12.2. The molecule has 1 amide bonds. The highest BCUT2D eigenvalue weighted by Gasteiger charge is 2.40. The van der Waals surface area contributed by atoms with Crippen LogP contribution in [0.3, 0.4) is 0 Å². The van der Waals surface area contributed by atoms with E-state index in [1.165, 1.54) is 0 Å². The van der Waals surface area contributed by atoms with E-state index in [-0.39, 0.29) is 5.91 Å². The molecule has 0 aliphatic carbocycles. The summed E-state index contributed by atoms with van der Waals surface area (Å²) in [6, 6.07) is 16.7. The van der Waals surface area contributed by atoms with Gasteiger partial charge in [-0.15, -0.1) is 0 Å². The van der Waals surface area contributed by atoms with Crippen LogP contribution in [0.1, 0.15) is 19.8 Å². The molecule has 1 heterocycles. The smallest absolute Gasteiger partial charge is 0.310 e. The molecule has 0 spiro atoms. The number of amides is 1. The summed E-state index contributed by atoms with van der Waals surface area (Å²) >= 11 is 0. The second-order valence-electron chi connectivity index (χ2n) is 7.13. The van der Waals surface area contributed by atoms with Gasteiger partial charge >= 0.3 is 5.97 Å². The number of rotatable bonds is 7. The van der Waals surface area contributed by atoms with E-state index >= 15 is 0 Å². The van der Waals surface area contributed by atoms with Gasteiger partial charge < -0.3 is 20.1 Å². The Balaban J connectivity index is 1.45. The second-order valence-corrected chi connectivity index (χ2v) is 7.13. The van der Waals surface area contributed by atoms with Crippen LogP contribution in [0, 0.1) is 5.41 Å². The number of ether oxygens (including phenoxy) is 1. The molecule has 1 atom stereocenters. The number of carbonyl (C=O) groups is 2. The first-order chi connectivity index (χ1) is 12.9. The molecular weight excluding hydrogens is 344 g/mol. The van der Waals surface area contributed by atoms with Gasteiger partial charge in [-0.2, -0.15) is 0 Å². The predicted molar refractivity (Wildman–Crippen MR) is 103 cm³/mol. The lowest BCUT2D eigenvalue weighted by Gasteiger charge is -2.19. The lowest BCUT2D eigenvalue weighted by Crippen LogP contribution is -2.33. The van der Waals surface area contributed by atoms with Gasteiger partial charge in [-0.1, -0.05) is 18.2 Å². The Hall–Kier alpha value is -2.86. The topological polar surface area (TPSA) is 78.9 Å². The van der Waals surface area contributed by atoms with E-state index in [2.05, 4.69) is 5.32 Å². The Labute approximate surface area is 158 Å². The Morgan fingerprint density at radius 1 is 1.11 bits per heavy atom. The fraction of sp³-hybridized carbons (Fsp3) is 0.333. The molecular formula is C21H24N2O4. The van der Waals surface area contributed by atoms with Crippen LogP contribution in [0.25, 0.3) is 0 Å². The van der Waals surface area contributed by atoms with Crippen molar-refractivity contribution in [3.8, 4) is 11.5 Å². The van der Waals surface area contributed by atoms with Gasteiger partial charge in [-0.05, 0) is 56.3 Å². The molecule has 142 valence electrons. The molecule has 1 aliphatic heterocycles. The Morgan fingerprint density at radius 3 is 2.41 bits per heavy atom. The number of carboxylic acid groups (broad SMARTS) is 1. The summed E-state index contributed by atoms with van der Waals surface area (Å²) in [5, 5.41) is 12.1. The van der Waals surface area contributed by atoms with Gasteiger partial charge in [0.1, 0.15) is 11.5 Å². The minimum absolute atomic E-state index is 0.0874. The van der Waals surface area contributed by atoms with Gasteiger partial charge in [0.25, 0.3) is 0 Å². The van der Waals surface area contributed by atoms with Crippen LogP contribution < -0.4 is 10.1 Å². The first-order valence-corrected chi connectivity index (χ1v) is 9.03. The highest BCUT2D eigenvalue weighted by Crippen LogP contribution is 2.30. The molecule has 2 aromatic rings.